The fraction of sp³-hybridized carbons (Fsp3) is 0.726. The fourth-order valence-electron chi connectivity index (χ4n) is 7.81. The van der Waals surface area contributed by atoms with Gasteiger partial charge in [0, 0.05) is 19.3 Å². The van der Waals surface area contributed by atoms with Crippen molar-refractivity contribution in [3.05, 3.63) is 85.1 Å². The Balaban J connectivity index is 4.40. The molecule has 6 heteroatoms. The third-order valence-electron chi connectivity index (χ3n) is 12.1. The zero-order valence-electron chi connectivity index (χ0n) is 44.6. The number of hydrogen-bond donors (Lipinski definition) is 0. The largest absolute Gasteiger partial charge is 0.462 e. The van der Waals surface area contributed by atoms with Crippen LogP contribution in [-0.4, -0.2) is 37.2 Å². The summed E-state index contributed by atoms with van der Waals surface area (Å²) in [6, 6.07) is 0. The summed E-state index contributed by atoms with van der Waals surface area (Å²) >= 11 is 0. The molecular formula is C62H106O6. The first kappa shape index (κ1) is 64.6. The van der Waals surface area contributed by atoms with Crippen molar-refractivity contribution in [2.45, 2.75) is 277 Å². The van der Waals surface area contributed by atoms with Crippen LogP contribution in [0.15, 0.2) is 85.1 Å². The van der Waals surface area contributed by atoms with E-state index in [9.17, 15) is 14.4 Å². The van der Waals surface area contributed by atoms with E-state index in [0.717, 1.165) is 122 Å². The van der Waals surface area contributed by atoms with E-state index in [1.165, 1.54) is 109 Å². The van der Waals surface area contributed by atoms with Gasteiger partial charge in [0.05, 0.1) is 0 Å². The van der Waals surface area contributed by atoms with Gasteiger partial charge in [0.1, 0.15) is 13.2 Å². The number of carbonyl (C=O) groups is 3. The lowest BCUT2D eigenvalue weighted by molar-refractivity contribution is -0.167. The molecule has 0 aromatic carbocycles. The summed E-state index contributed by atoms with van der Waals surface area (Å²) in [7, 11) is 0. The van der Waals surface area contributed by atoms with Gasteiger partial charge < -0.3 is 14.2 Å². The minimum absolute atomic E-state index is 0.0889. The van der Waals surface area contributed by atoms with Gasteiger partial charge in [0.25, 0.3) is 0 Å². The Morgan fingerprint density at radius 2 is 0.574 bits per heavy atom. The van der Waals surface area contributed by atoms with Gasteiger partial charge in [-0.1, -0.05) is 221 Å². The van der Waals surface area contributed by atoms with E-state index in [4.69, 9.17) is 14.2 Å². The Labute approximate surface area is 420 Å². The van der Waals surface area contributed by atoms with E-state index in [2.05, 4.69) is 106 Å². The summed E-state index contributed by atoms with van der Waals surface area (Å²) in [4.78, 5) is 38.1. The zero-order chi connectivity index (χ0) is 49.3. The van der Waals surface area contributed by atoms with Crippen LogP contribution in [-0.2, 0) is 28.6 Å². The van der Waals surface area contributed by atoms with E-state index >= 15 is 0 Å². The predicted molar refractivity (Wildman–Crippen MR) is 293 cm³/mol. The molecule has 0 aromatic rings. The fourth-order valence-corrected chi connectivity index (χ4v) is 7.81. The lowest BCUT2D eigenvalue weighted by atomic mass is 10.1. The van der Waals surface area contributed by atoms with Gasteiger partial charge in [-0.15, -0.1) is 0 Å². The summed E-state index contributed by atoms with van der Waals surface area (Å²) in [5.74, 6) is -0.914. The number of hydrogen-bond acceptors (Lipinski definition) is 6. The molecule has 0 saturated heterocycles. The van der Waals surface area contributed by atoms with Gasteiger partial charge in [0.15, 0.2) is 6.10 Å². The Kier molecular flexibility index (Phi) is 53.4. The summed E-state index contributed by atoms with van der Waals surface area (Å²) in [6.07, 6.45) is 72.8. The monoisotopic (exact) mass is 947 g/mol. The Morgan fingerprint density at radius 3 is 0.941 bits per heavy atom. The van der Waals surface area contributed by atoms with Crippen molar-refractivity contribution in [3.8, 4) is 0 Å². The molecule has 0 spiro atoms. The quantitative estimate of drug-likeness (QED) is 0.0262. The van der Waals surface area contributed by atoms with Crippen LogP contribution < -0.4 is 0 Å². The highest BCUT2D eigenvalue weighted by Crippen LogP contribution is 2.14. The van der Waals surface area contributed by atoms with Crippen LogP contribution in [0, 0.1) is 0 Å². The van der Waals surface area contributed by atoms with Crippen molar-refractivity contribution in [1.29, 1.82) is 0 Å². The topological polar surface area (TPSA) is 78.9 Å². The lowest BCUT2D eigenvalue weighted by Gasteiger charge is -2.18. The molecule has 0 radical (unpaired) electrons. The maximum atomic E-state index is 12.8. The van der Waals surface area contributed by atoms with Crippen molar-refractivity contribution in [2.75, 3.05) is 13.2 Å². The molecule has 0 amide bonds. The average molecular weight is 948 g/mol. The molecule has 6 nitrogen and oxygen atoms in total. The second-order valence-electron chi connectivity index (χ2n) is 18.8. The molecule has 1 atom stereocenters. The molecule has 0 saturated carbocycles. The normalized spacial score (nSPS) is 12.7. The van der Waals surface area contributed by atoms with E-state index in [-0.39, 0.29) is 31.1 Å². The highest BCUT2D eigenvalue weighted by molar-refractivity contribution is 5.71. The summed E-state index contributed by atoms with van der Waals surface area (Å²) in [5, 5.41) is 0. The second-order valence-corrected chi connectivity index (χ2v) is 18.8. The summed E-state index contributed by atoms with van der Waals surface area (Å²) in [5.41, 5.74) is 0. The van der Waals surface area contributed by atoms with Crippen LogP contribution in [0.4, 0.5) is 0 Å². The Hall–Kier alpha value is -3.41. The van der Waals surface area contributed by atoms with Gasteiger partial charge in [-0.2, -0.15) is 0 Å². The van der Waals surface area contributed by atoms with E-state index < -0.39 is 6.10 Å². The number of unbranched alkanes of at least 4 members (excludes halogenated alkanes) is 26. The van der Waals surface area contributed by atoms with Gasteiger partial charge >= 0.3 is 17.9 Å². The van der Waals surface area contributed by atoms with Gasteiger partial charge in [-0.3, -0.25) is 14.4 Å². The lowest BCUT2D eigenvalue weighted by Crippen LogP contribution is -2.30. The molecule has 390 valence electrons. The SMILES string of the molecule is CC/C=C\C/C=C\C/C=C\C/C=C\CCCCCCCCCCC(=O)OCC(COC(=O)CCCCCCC/C=C\CCCCCCC)OC(=O)CCCCCCC/C=C\C/C=C\CCCCC. The second kappa shape index (κ2) is 56.2. The first-order valence-electron chi connectivity index (χ1n) is 28.6. The third-order valence-corrected chi connectivity index (χ3v) is 12.1. The Morgan fingerprint density at radius 1 is 0.309 bits per heavy atom. The maximum Gasteiger partial charge on any atom is 0.306 e. The first-order valence-corrected chi connectivity index (χ1v) is 28.6. The minimum atomic E-state index is -0.791. The highest BCUT2D eigenvalue weighted by Gasteiger charge is 2.19. The molecule has 0 aliphatic rings. The van der Waals surface area contributed by atoms with Gasteiger partial charge in [-0.25, -0.2) is 0 Å². The number of allylic oxidation sites excluding steroid dienone is 14. The first-order chi connectivity index (χ1) is 33.5. The smallest absolute Gasteiger partial charge is 0.306 e. The average Bonchev–Trinajstić information content (AvgIpc) is 3.34. The van der Waals surface area contributed by atoms with E-state index in [1.54, 1.807) is 0 Å². The van der Waals surface area contributed by atoms with Gasteiger partial charge in [-0.05, 0) is 116 Å². The minimum Gasteiger partial charge on any atom is -0.462 e. The molecule has 0 aromatic heterocycles. The molecule has 0 N–H and O–H groups in total. The number of ether oxygens (including phenoxy) is 3. The van der Waals surface area contributed by atoms with Crippen molar-refractivity contribution >= 4 is 17.9 Å². The number of esters is 3. The standard InChI is InChI=1S/C62H106O6/c1-4-7-10-13-16-19-22-25-28-29-30-31-32-33-35-37-40-43-46-49-52-55-61(64)67-58-59(57-66-60(63)54-51-48-45-42-39-36-27-24-21-18-15-12-9-6-3)68-62(65)56-53-50-47-44-41-38-34-26-23-20-17-14-11-8-5-2/h7,10,16-17,19-20,24-28,30-31,34,59H,4-6,8-9,11-15,18,21-23,29,32-33,35-58H2,1-3H3/b10-7-,19-16-,20-17-,27-24-,28-25-,31-30-,34-26-. The van der Waals surface area contributed by atoms with Crippen LogP contribution in [0.2, 0.25) is 0 Å². The molecule has 0 rings (SSSR count). The van der Waals surface area contributed by atoms with Crippen LogP contribution >= 0.6 is 0 Å². The summed E-state index contributed by atoms with van der Waals surface area (Å²) < 4.78 is 16.8. The number of carbonyl (C=O) groups excluding carboxylic acids is 3. The number of rotatable bonds is 51. The predicted octanol–water partition coefficient (Wildman–Crippen LogP) is 19.2. The summed E-state index contributed by atoms with van der Waals surface area (Å²) in [6.45, 7) is 6.48. The molecule has 1 unspecified atom stereocenters. The van der Waals surface area contributed by atoms with Crippen molar-refractivity contribution < 1.29 is 28.6 Å². The highest BCUT2D eigenvalue weighted by atomic mass is 16.6. The molecular weight excluding hydrogens is 841 g/mol. The molecule has 0 heterocycles. The van der Waals surface area contributed by atoms with Crippen molar-refractivity contribution in [2.24, 2.45) is 0 Å². The molecule has 0 aliphatic carbocycles. The molecule has 68 heavy (non-hydrogen) atoms. The van der Waals surface area contributed by atoms with Gasteiger partial charge in [0.2, 0.25) is 0 Å². The molecule has 0 fully saturated rings. The van der Waals surface area contributed by atoms with E-state index in [0.29, 0.717) is 19.3 Å². The molecule has 0 aliphatic heterocycles. The van der Waals surface area contributed by atoms with Crippen LogP contribution in [0.25, 0.3) is 0 Å². The maximum absolute atomic E-state index is 12.8. The van der Waals surface area contributed by atoms with Crippen LogP contribution in [0.1, 0.15) is 271 Å². The third kappa shape index (κ3) is 53.5. The van der Waals surface area contributed by atoms with Crippen molar-refractivity contribution in [1.82, 2.24) is 0 Å². The zero-order valence-corrected chi connectivity index (χ0v) is 44.6. The molecule has 0 bridgehead atoms. The van der Waals surface area contributed by atoms with Crippen molar-refractivity contribution in [3.63, 3.8) is 0 Å². The van der Waals surface area contributed by atoms with Crippen LogP contribution in [0.3, 0.4) is 0 Å². The van der Waals surface area contributed by atoms with E-state index in [1.807, 2.05) is 0 Å². The Bertz CT molecular complexity index is 1320. The van der Waals surface area contributed by atoms with Crippen LogP contribution in [0.5, 0.6) is 0 Å².